The van der Waals surface area contributed by atoms with E-state index in [4.69, 9.17) is 9.68 Å². The van der Waals surface area contributed by atoms with E-state index in [-0.39, 0.29) is 12.5 Å². The van der Waals surface area contributed by atoms with Crippen molar-refractivity contribution in [1.82, 2.24) is 15.3 Å². The minimum Gasteiger partial charge on any atom is -0.463 e. The number of carbonyl (C=O) groups is 1. The summed E-state index contributed by atoms with van der Waals surface area (Å²) in [5.41, 5.74) is 2.05. The highest BCUT2D eigenvalue weighted by Gasteiger charge is 2.12. The molecule has 3 aromatic rings. The molecular weight excluding hydrogens is 292 g/mol. The second kappa shape index (κ2) is 6.54. The Morgan fingerprint density at radius 1 is 1.22 bits per heavy atom. The number of benzene rings is 1. The lowest BCUT2D eigenvalue weighted by atomic mass is 10.1. The van der Waals surface area contributed by atoms with Crippen molar-refractivity contribution in [2.24, 2.45) is 0 Å². The lowest BCUT2D eigenvalue weighted by Crippen LogP contribution is -2.23. The van der Waals surface area contributed by atoms with E-state index in [1.807, 2.05) is 6.07 Å². The number of amides is 1. The van der Waals surface area contributed by atoms with Crippen molar-refractivity contribution in [3.8, 4) is 17.5 Å². The first-order valence-corrected chi connectivity index (χ1v) is 6.90. The predicted molar refractivity (Wildman–Crippen MR) is 82.1 cm³/mol. The molecule has 0 fully saturated rings. The average molecular weight is 304 g/mol. The Labute approximate surface area is 132 Å². The molecule has 0 aliphatic carbocycles. The van der Waals surface area contributed by atoms with Crippen LogP contribution in [-0.4, -0.2) is 15.9 Å². The smallest absolute Gasteiger partial charge is 0.251 e. The van der Waals surface area contributed by atoms with E-state index in [1.54, 1.807) is 55.1 Å². The van der Waals surface area contributed by atoms with Gasteiger partial charge in [-0.1, -0.05) is 6.07 Å². The fourth-order valence-electron chi connectivity index (χ4n) is 2.11. The van der Waals surface area contributed by atoms with E-state index in [2.05, 4.69) is 15.3 Å². The van der Waals surface area contributed by atoms with Crippen LogP contribution in [0, 0.1) is 11.3 Å². The normalized spacial score (nSPS) is 10.0. The Bertz CT molecular complexity index is 866. The van der Waals surface area contributed by atoms with Gasteiger partial charge < -0.3 is 9.73 Å². The van der Waals surface area contributed by atoms with Crippen molar-refractivity contribution in [3.05, 3.63) is 71.9 Å². The molecule has 2 aromatic heterocycles. The zero-order valence-electron chi connectivity index (χ0n) is 12.1. The van der Waals surface area contributed by atoms with Gasteiger partial charge in [0, 0.05) is 18.0 Å². The molecule has 112 valence electrons. The average Bonchev–Trinajstić information content (AvgIpc) is 3.14. The number of nitrogens with one attached hydrogen (secondary N) is 1. The van der Waals surface area contributed by atoms with Crippen LogP contribution in [0.25, 0.3) is 11.5 Å². The molecule has 0 unspecified atom stereocenters. The highest BCUT2D eigenvalue weighted by Crippen LogP contribution is 2.19. The number of nitriles is 1. The van der Waals surface area contributed by atoms with Gasteiger partial charge in [-0.3, -0.25) is 9.78 Å². The summed E-state index contributed by atoms with van der Waals surface area (Å²) < 4.78 is 5.33. The van der Waals surface area contributed by atoms with Gasteiger partial charge in [0.25, 0.3) is 5.91 Å². The summed E-state index contributed by atoms with van der Waals surface area (Å²) in [5, 5.41) is 11.7. The van der Waals surface area contributed by atoms with Crippen molar-refractivity contribution in [3.63, 3.8) is 0 Å². The largest absolute Gasteiger partial charge is 0.463 e. The van der Waals surface area contributed by atoms with Crippen molar-refractivity contribution in [1.29, 1.82) is 5.26 Å². The third-order valence-electron chi connectivity index (χ3n) is 3.20. The second-order valence-corrected chi connectivity index (χ2v) is 4.70. The molecule has 6 heteroatoms. The Kier molecular flexibility index (Phi) is 4.11. The Morgan fingerprint density at radius 2 is 2.09 bits per heavy atom. The van der Waals surface area contributed by atoms with E-state index in [0.717, 1.165) is 0 Å². The molecule has 1 N–H and O–H groups in total. The van der Waals surface area contributed by atoms with Crippen molar-refractivity contribution in [2.45, 2.75) is 6.54 Å². The summed E-state index contributed by atoms with van der Waals surface area (Å²) >= 11 is 0. The first-order valence-electron chi connectivity index (χ1n) is 6.90. The van der Waals surface area contributed by atoms with Crippen LogP contribution < -0.4 is 5.32 Å². The van der Waals surface area contributed by atoms with Gasteiger partial charge in [-0.25, -0.2) is 4.98 Å². The van der Waals surface area contributed by atoms with Gasteiger partial charge >= 0.3 is 0 Å². The molecule has 0 radical (unpaired) electrons. The first kappa shape index (κ1) is 14.5. The predicted octanol–water partition coefficient (Wildman–Crippen LogP) is 2.54. The van der Waals surface area contributed by atoms with E-state index in [0.29, 0.717) is 28.3 Å². The molecule has 0 spiro atoms. The molecule has 0 saturated heterocycles. The third-order valence-corrected chi connectivity index (χ3v) is 3.20. The van der Waals surface area contributed by atoms with E-state index >= 15 is 0 Å². The van der Waals surface area contributed by atoms with Crippen LogP contribution in [0.2, 0.25) is 0 Å². The lowest BCUT2D eigenvalue weighted by molar-refractivity contribution is 0.0950. The maximum absolute atomic E-state index is 12.2. The monoisotopic (exact) mass is 304 g/mol. The minimum atomic E-state index is -0.279. The molecular formula is C17H12N4O2. The fourth-order valence-corrected chi connectivity index (χ4v) is 2.11. The van der Waals surface area contributed by atoms with Crippen molar-refractivity contribution >= 4 is 5.91 Å². The maximum Gasteiger partial charge on any atom is 0.251 e. The van der Waals surface area contributed by atoms with Crippen molar-refractivity contribution < 1.29 is 9.21 Å². The number of furan rings is 1. The topological polar surface area (TPSA) is 91.8 Å². The quantitative estimate of drug-likeness (QED) is 0.799. The number of rotatable bonds is 4. The van der Waals surface area contributed by atoms with E-state index < -0.39 is 0 Å². The lowest BCUT2D eigenvalue weighted by Gasteiger charge is -2.07. The molecule has 2 heterocycles. The number of aromatic nitrogens is 2. The van der Waals surface area contributed by atoms with Gasteiger partial charge in [0.15, 0.2) is 5.76 Å². The molecule has 23 heavy (non-hydrogen) atoms. The molecule has 0 bridgehead atoms. The molecule has 3 rings (SSSR count). The van der Waals surface area contributed by atoms with E-state index in [1.165, 1.54) is 0 Å². The fraction of sp³-hybridized carbons (Fsp3) is 0.0588. The summed E-state index contributed by atoms with van der Waals surface area (Å²) in [6, 6.07) is 12.1. The minimum absolute atomic E-state index is 0.208. The second-order valence-electron chi connectivity index (χ2n) is 4.70. The van der Waals surface area contributed by atoms with Crippen LogP contribution in [0.5, 0.6) is 0 Å². The Hall–Kier alpha value is -3.46. The molecule has 1 aromatic carbocycles. The highest BCUT2D eigenvalue weighted by atomic mass is 16.3. The maximum atomic E-state index is 12.2. The van der Waals surface area contributed by atoms with Crippen LogP contribution in [0.15, 0.2) is 59.5 Å². The van der Waals surface area contributed by atoms with Crippen LogP contribution in [0.4, 0.5) is 0 Å². The van der Waals surface area contributed by atoms with E-state index in [9.17, 15) is 4.79 Å². The van der Waals surface area contributed by atoms with Gasteiger partial charge in [0.1, 0.15) is 5.69 Å². The van der Waals surface area contributed by atoms with Gasteiger partial charge in [0.2, 0.25) is 0 Å². The molecule has 0 saturated carbocycles. The summed E-state index contributed by atoms with van der Waals surface area (Å²) in [6.45, 7) is 0.208. The van der Waals surface area contributed by atoms with Crippen molar-refractivity contribution in [2.75, 3.05) is 0 Å². The highest BCUT2D eigenvalue weighted by molar-refractivity contribution is 5.94. The van der Waals surface area contributed by atoms with Crippen LogP contribution in [0.3, 0.4) is 0 Å². The van der Waals surface area contributed by atoms with Gasteiger partial charge in [-0.2, -0.15) is 5.26 Å². The first-order chi connectivity index (χ1) is 11.3. The number of hydrogen-bond acceptors (Lipinski definition) is 5. The SMILES string of the molecule is N#Cc1cccc(C(=O)NCc2nccnc2-c2ccco2)c1. The van der Waals surface area contributed by atoms with Crippen LogP contribution in [-0.2, 0) is 6.54 Å². The zero-order chi connectivity index (χ0) is 16.1. The molecule has 0 aliphatic rings. The van der Waals surface area contributed by atoms with Crippen LogP contribution in [0.1, 0.15) is 21.6 Å². The molecule has 0 atom stereocenters. The van der Waals surface area contributed by atoms with Gasteiger partial charge in [-0.05, 0) is 30.3 Å². The van der Waals surface area contributed by atoms with Gasteiger partial charge in [-0.15, -0.1) is 0 Å². The van der Waals surface area contributed by atoms with Gasteiger partial charge in [0.05, 0.1) is 30.1 Å². The summed E-state index contributed by atoms with van der Waals surface area (Å²) in [7, 11) is 0. The summed E-state index contributed by atoms with van der Waals surface area (Å²) in [5.74, 6) is 0.312. The molecule has 6 nitrogen and oxygen atoms in total. The Morgan fingerprint density at radius 3 is 2.87 bits per heavy atom. The number of nitrogens with zero attached hydrogens (tertiary/aromatic N) is 3. The molecule has 1 amide bonds. The van der Waals surface area contributed by atoms with Crippen LogP contribution >= 0.6 is 0 Å². The third kappa shape index (κ3) is 3.24. The number of carbonyl (C=O) groups excluding carboxylic acids is 1. The molecule has 0 aliphatic heterocycles. The number of hydrogen-bond donors (Lipinski definition) is 1. The standard InChI is InChI=1S/C17H12N4O2/c18-10-12-3-1-4-13(9-12)17(22)21-11-14-16(20-7-6-19-14)15-5-2-8-23-15/h1-9H,11H2,(H,21,22). The zero-order valence-corrected chi connectivity index (χ0v) is 12.1. The summed E-state index contributed by atoms with van der Waals surface area (Å²) in [6.07, 6.45) is 4.68. The Balaban J connectivity index is 1.76. The summed E-state index contributed by atoms with van der Waals surface area (Å²) in [4.78, 5) is 20.7.